The highest BCUT2D eigenvalue weighted by Crippen LogP contribution is 2.37. The van der Waals surface area contributed by atoms with Gasteiger partial charge in [-0.3, -0.25) is 5.32 Å². The molecule has 0 atom stereocenters. The minimum Gasteiger partial charge on any atom is -0.462 e. The normalized spacial score (nSPS) is 13.9. The zero-order chi connectivity index (χ0) is 21.3. The van der Waals surface area contributed by atoms with E-state index in [0.717, 1.165) is 24.9 Å². The second-order valence-electron chi connectivity index (χ2n) is 7.22. The van der Waals surface area contributed by atoms with Crippen molar-refractivity contribution in [3.8, 4) is 11.1 Å². The lowest BCUT2D eigenvalue weighted by atomic mass is 10.0. The van der Waals surface area contributed by atoms with Crippen molar-refractivity contribution in [3.63, 3.8) is 0 Å². The van der Waals surface area contributed by atoms with E-state index in [1.54, 1.807) is 19.1 Å². The van der Waals surface area contributed by atoms with Crippen LogP contribution in [0.5, 0.6) is 0 Å². The molecule has 2 heterocycles. The Balaban J connectivity index is 1.60. The van der Waals surface area contributed by atoms with Crippen molar-refractivity contribution in [1.82, 2.24) is 10.2 Å². The second-order valence-corrected chi connectivity index (χ2v) is 8.54. The van der Waals surface area contributed by atoms with Gasteiger partial charge >= 0.3 is 12.0 Å². The first-order chi connectivity index (χ1) is 14.6. The van der Waals surface area contributed by atoms with Crippen molar-refractivity contribution in [3.05, 3.63) is 40.2 Å². The van der Waals surface area contributed by atoms with Crippen LogP contribution in [0.4, 0.5) is 9.80 Å². The summed E-state index contributed by atoms with van der Waals surface area (Å²) in [5, 5.41) is 8.57. The Kier molecular flexibility index (Phi) is 8.54. The number of thiophene rings is 1. The lowest BCUT2D eigenvalue weighted by Crippen LogP contribution is -2.30. The third-order valence-electron chi connectivity index (χ3n) is 5.02. The van der Waals surface area contributed by atoms with Gasteiger partial charge in [0.05, 0.1) is 6.61 Å². The molecule has 1 aliphatic rings. The Labute approximate surface area is 186 Å². The SMILES string of the molecule is CCOC(=O)c1c(-c2cccc(Cl)c2)csc1NC(=O)NCCCCN1CCCC1. The molecule has 0 spiro atoms. The summed E-state index contributed by atoms with van der Waals surface area (Å²) in [7, 11) is 0. The number of likely N-dealkylation sites (tertiary alicyclic amines) is 1. The van der Waals surface area contributed by atoms with Gasteiger partial charge in [0, 0.05) is 22.5 Å². The van der Waals surface area contributed by atoms with Gasteiger partial charge in [-0.25, -0.2) is 9.59 Å². The van der Waals surface area contributed by atoms with Gasteiger partial charge < -0.3 is 15.0 Å². The molecule has 8 heteroatoms. The molecule has 1 fully saturated rings. The molecule has 1 saturated heterocycles. The van der Waals surface area contributed by atoms with E-state index in [2.05, 4.69) is 15.5 Å². The van der Waals surface area contributed by atoms with Crippen molar-refractivity contribution in [2.75, 3.05) is 38.1 Å². The summed E-state index contributed by atoms with van der Waals surface area (Å²) in [6.07, 6.45) is 4.57. The van der Waals surface area contributed by atoms with Crippen LogP contribution in [0.15, 0.2) is 29.6 Å². The molecule has 1 aromatic heterocycles. The maximum Gasteiger partial charge on any atom is 0.341 e. The standard InChI is InChI=1S/C22H28ClN3O3S/c1-2-29-21(27)19-18(16-8-7-9-17(23)14-16)15-30-20(19)25-22(28)24-10-3-4-11-26-12-5-6-13-26/h7-9,14-15H,2-6,10-13H2,1H3,(H2,24,25,28). The third kappa shape index (κ3) is 6.20. The van der Waals surface area contributed by atoms with Crippen LogP contribution in [0.25, 0.3) is 11.1 Å². The summed E-state index contributed by atoms with van der Waals surface area (Å²) >= 11 is 7.41. The monoisotopic (exact) mass is 449 g/mol. The molecule has 3 rings (SSSR count). The van der Waals surface area contributed by atoms with E-state index >= 15 is 0 Å². The number of hydrogen-bond donors (Lipinski definition) is 2. The van der Waals surface area contributed by atoms with Crippen LogP contribution < -0.4 is 10.6 Å². The number of amides is 2. The molecular formula is C22H28ClN3O3S. The third-order valence-corrected chi connectivity index (χ3v) is 6.15. The van der Waals surface area contributed by atoms with Crippen LogP contribution >= 0.6 is 22.9 Å². The zero-order valence-electron chi connectivity index (χ0n) is 17.2. The average molecular weight is 450 g/mol. The van der Waals surface area contributed by atoms with E-state index in [1.165, 1.54) is 37.3 Å². The molecular weight excluding hydrogens is 422 g/mol. The van der Waals surface area contributed by atoms with E-state index < -0.39 is 5.97 Å². The van der Waals surface area contributed by atoms with Crippen molar-refractivity contribution < 1.29 is 14.3 Å². The molecule has 6 nitrogen and oxygen atoms in total. The molecule has 0 aliphatic carbocycles. The summed E-state index contributed by atoms with van der Waals surface area (Å²) < 4.78 is 5.22. The summed E-state index contributed by atoms with van der Waals surface area (Å²) in [6, 6.07) is 6.95. The maximum absolute atomic E-state index is 12.6. The van der Waals surface area contributed by atoms with E-state index in [1.807, 2.05) is 17.5 Å². The number of nitrogens with one attached hydrogen (secondary N) is 2. The number of carbonyl (C=O) groups is 2. The fraction of sp³-hybridized carbons (Fsp3) is 0.455. The van der Waals surface area contributed by atoms with Gasteiger partial charge in [-0.1, -0.05) is 23.7 Å². The van der Waals surface area contributed by atoms with Crippen LogP contribution in [-0.2, 0) is 4.74 Å². The quantitative estimate of drug-likeness (QED) is 0.405. The van der Waals surface area contributed by atoms with E-state index in [9.17, 15) is 9.59 Å². The van der Waals surface area contributed by atoms with Gasteiger partial charge in [-0.15, -0.1) is 11.3 Å². The lowest BCUT2D eigenvalue weighted by molar-refractivity contribution is 0.0529. The molecule has 0 radical (unpaired) electrons. The Morgan fingerprint density at radius 1 is 1.23 bits per heavy atom. The minimum atomic E-state index is -0.463. The number of urea groups is 1. The second kappa shape index (κ2) is 11.3. The number of rotatable bonds is 9. The van der Waals surface area contributed by atoms with Crippen molar-refractivity contribution >= 4 is 39.9 Å². The molecule has 0 bridgehead atoms. The molecule has 2 N–H and O–H groups in total. The number of esters is 1. The first-order valence-electron chi connectivity index (χ1n) is 10.4. The lowest BCUT2D eigenvalue weighted by Gasteiger charge is -2.14. The van der Waals surface area contributed by atoms with Crippen LogP contribution in [0, 0.1) is 0 Å². The van der Waals surface area contributed by atoms with Crippen LogP contribution in [0.3, 0.4) is 0 Å². The van der Waals surface area contributed by atoms with Crippen LogP contribution in [0.1, 0.15) is 43.0 Å². The van der Waals surface area contributed by atoms with E-state index in [0.29, 0.717) is 27.7 Å². The predicted molar refractivity (Wildman–Crippen MR) is 123 cm³/mol. The molecule has 1 aromatic carbocycles. The summed E-state index contributed by atoms with van der Waals surface area (Å²) in [6.45, 7) is 6.08. The molecule has 2 amide bonds. The number of unbranched alkanes of at least 4 members (excludes halogenated alkanes) is 1. The number of ether oxygens (including phenoxy) is 1. The predicted octanol–water partition coefficient (Wildman–Crippen LogP) is 5.24. The van der Waals surface area contributed by atoms with E-state index in [4.69, 9.17) is 16.3 Å². The molecule has 0 saturated carbocycles. The summed E-state index contributed by atoms with van der Waals surface area (Å²) in [5.41, 5.74) is 1.85. The molecule has 2 aromatic rings. The number of nitrogens with zero attached hydrogens (tertiary/aromatic N) is 1. The topological polar surface area (TPSA) is 70.7 Å². The van der Waals surface area contributed by atoms with Gasteiger partial charge in [0.2, 0.25) is 0 Å². The largest absolute Gasteiger partial charge is 0.462 e. The highest BCUT2D eigenvalue weighted by Gasteiger charge is 2.23. The highest BCUT2D eigenvalue weighted by atomic mass is 35.5. The molecule has 162 valence electrons. The Morgan fingerprint density at radius 3 is 2.77 bits per heavy atom. The summed E-state index contributed by atoms with van der Waals surface area (Å²) in [4.78, 5) is 27.4. The van der Waals surface area contributed by atoms with Crippen molar-refractivity contribution in [2.45, 2.75) is 32.6 Å². The number of halogens is 1. The Bertz CT molecular complexity index is 865. The highest BCUT2D eigenvalue weighted by molar-refractivity contribution is 7.15. The van der Waals surface area contributed by atoms with Crippen LogP contribution in [0.2, 0.25) is 5.02 Å². The smallest absolute Gasteiger partial charge is 0.341 e. The molecule has 30 heavy (non-hydrogen) atoms. The van der Waals surface area contributed by atoms with Gasteiger partial charge in [0.25, 0.3) is 0 Å². The van der Waals surface area contributed by atoms with Gasteiger partial charge in [0.1, 0.15) is 10.6 Å². The molecule has 1 aliphatic heterocycles. The first-order valence-corrected chi connectivity index (χ1v) is 11.7. The number of benzene rings is 1. The van der Waals surface area contributed by atoms with Crippen molar-refractivity contribution in [2.24, 2.45) is 0 Å². The number of carbonyl (C=O) groups excluding carboxylic acids is 2. The number of anilines is 1. The van der Waals surface area contributed by atoms with Gasteiger partial charge in [-0.2, -0.15) is 0 Å². The fourth-order valence-corrected chi connectivity index (χ4v) is 4.68. The number of hydrogen-bond acceptors (Lipinski definition) is 5. The first kappa shape index (κ1) is 22.6. The average Bonchev–Trinajstić information content (AvgIpc) is 3.38. The van der Waals surface area contributed by atoms with Gasteiger partial charge in [0.15, 0.2) is 0 Å². The zero-order valence-corrected chi connectivity index (χ0v) is 18.8. The minimum absolute atomic E-state index is 0.256. The van der Waals surface area contributed by atoms with Crippen molar-refractivity contribution in [1.29, 1.82) is 0 Å². The summed E-state index contributed by atoms with van der Waals surface area (Å²) in [5.74, 6) is -0.463. The molecule has 0 unspecified atom stereocenters. The van der Waals surface area contributed by atoms with Crippen LogP contribution in [-0.4, -0.2) is 49.7 Å². The van der Waals surface area contributed by atoms with E-state index in [-0.39, 0.29) is 12.6 Å². The Hall–Kier alpha value is -2.09. The Morgan fingerprint density at radius 2 is 2.03 bits per heavy atom. The maximum atomic E-state index is 12.6. The van der Waals surface area contributed by atoms with Gasteiger partial charge in [-0.05, 0) is 69.9 Å². The fourth-order valence-electron chi connectivity index (χ4n) is 3.54.